The zero-order valence-corrected chi connectivity index (χ0v) is 16.2. The minimum absolute atomic E-state index is 0.271. The van der Waals surface area contributed by atoms with Gasteiger partial charge in [0, 0.05) is 38.8 Å². The van der Waals surface area contributed by atoms with E-state index < -0.39 is 0 Å². The van der Waals surface area contributed by atoms with Crippen molar-refractivity contribution in [3.8, 4) is 0 Å². The van der Waals surface area contributed by atoms with Crippen LogP contribution in [0.15, 0.2) is 66.7 Å². The van der Waals surface area contributed by atoms with Crippen molar-refractivity contribution in [1.82, 2.24) is 9.80 Å². The Labute approximate surface area is 163 Å². The molecule has 1 aliphatic heterocycles. The minimum Gasteiger partial charge on any atom is -0.396 e. The van der Waals surface area contributed by atoms with Gasteiger partial charge in [-0.1, -0.05) is 72.8 Å². The van der Waals surface area contributed by atoms with Crippen LogP contribution in [0.1, 0.15) is 24.0 Å². The van der Waals surface area contributed by atoms with Crippen LogP contribution >= 0.6 is 0 Å². The largest absolute Gasteiger partial charge is 0.396 e. The van der Waals surface area contributed by atoms with Crippen molar-refractivity contribution in [2.24, 2.45) is 0 Å². The first-order valence-electron chi connectivity index (χ1n) is 10.2. The van der Waals surface area contributed by atoms with Gasteiger partial charge in [-0.3, -0.25) is 9.80 Å². The van der Waals surface area contributed by atoms with Crippen molar-refractivity contribution in [1.29, 1.82) is 0 Å². The molecule has 0 spiro atoms. The number of hydrogen-bond acceptors (Lipinski definition) is 3. The van der Waals surface area contributed by atoms with Gasteiger partial charge in [-0.05, 0) is 36.9 Å². The fourth-order valence-corrected chi connectivity index (χ4v) is 3.87. The van der Waals surface area contributed by atoms with Crippen LogP contribution in [-0.4, -0.2) is 60.3 Å². The summed E-state index contributed by atoms with van der Waals surface area (Å²) < 4.78 is 0. The van der Waals surface area contributed by atoms with Crippen LogP contribution in [0, 0.1) is 0 Å². The summed E-state index contributed by atoms with van der Waals surface area (Å²) in [6.07, 6.45) is 7.64. The fourth-order valence-electron chi connectivity index (χ4n) is 3.87. The second-order valence-electron chi connectivity index (χ2n) is 7.36. The van der Waals surface area contributed by atoms with E-state index in [0.29, 0.717) is 6.04 Å². The molecular weight excluding hydrogens is 332 g/mol. The summed E-state index contributed by atoms with van der Waals surface area (Å²) in [6.45, 7) is 5.62. The molecule has 2 aromatic rings. The van der Waals surface area contributed by atoms with E-state index in [9.17, 15) is 5.11 Å². The molecule has 2 aromatic carbocycles. The van der Waals surface area contributed by atoms with E-state index in [1.54, 1.807) is 0 Å². The highest BCUT2D eigenvalue weighted by molar-refractivity contribution is 5.48. The van der Waals surface area contributed by atoms with Gasteiger partial charge in [0.15, 0.2) is 0 Å². The number of aryl methyl sites for hydroxylation is 1. The summed E-state index contributed by atoms with van der Waals surface area (Å²) in [5, 5.41) is 9.49. The lowest BCUT2D eigenvalue weighted by Crippen LogP contribution is -2.53. The maximum atomic E-state index is 9.49. The van der Waals surface area contributed by atoms with Gasteiger partial charge in [-0.15, -0.1) is 0 Å². The molecule has 3 rings (SSSR count). The maximum absolute atomic E-state index is 9.49. The van der Waals surface area contributed by atoms with Crippen molar-refractivity contribution in [3.05, 3.63) is 77.9 Å². The van der Waals surface area contributed by atoms with Crippen molar-refractivity contribution < 1.29 is 5.11 Å². The van der Waals surface area contributed by atoms with Crippen molar-refractivity contribution in [2.75, 3.05) is 39.3 Å². The Morgan fingerprint density at radius 3 is 2.44 bits per heavy atom. The van der Waals surface area contributed by atoms with E-state index in [1.807, 2.05) is 6.07 Å². The van der Waals surface area contributed by atoms with Crippen LogP contribution in [0.5, 0.6) is 0 Å². The average molecular weight is 365 g/mol. The zero-order valence-electron chi connectivity index (χ0n) is 16.2. The quantitative estimate of drug-likeness (QED) is 0.735. The molecule has 1 atom stereocenters. The van der Waals surface area contributed by atoms with E-state index in [-0.39, 0.29) is 6.61 Å². The number of piperazine rings is 1. The number of hydrogen-bond donors (Lipinski definition) is 1. The summed E-state index contributed by atoms with van der Waals surface area (Å²) in [5.74, 6) is 0. The number of aliphatic hydroxyl groups is 1. The molecule has 0 saturated carbocycles. The molecule has 1 saturated heterocycles. The lowest BCUT2D eigenvalue weighted by Gasteiger charge is -2.41. The summed E-state index contributed by atoms with van der Waals surface area (Å²) >= 11 is 0. The Hall–Kier alpha value is -1.94. The van der Waals surface area contributed by atoms with Crippen molar-refractivity contribution >= 4 is 6.08 Å². The maximum Gasteiger partial charge on any atom is 0.0446 e. The van der Waals surface area contributed by atoms with Crippen LogP contribution in [-0.2, 0) is 6.42 Å². The van der Waals surface area contributed by atoms with Crippen LogP contribution < -0.4 is 0 Å². The summed E-state index contributed by atoms with van der Waals surface area (Å²) in [6, 6.07) is 21.7. The first-order valence-corrected chi connectivity index (χ1v) is 10.2. The molecule has 27 heavy (non-hydrogen) atoms. The Morgan fingerprint density at radius 1 is 0.963 bits per heavy atom. The third-order valence-electron chi connectivity index (χ3n) is 5.38. The Balaban J connectivity index is 1.45. The van der Waals surface area contributed by atoms with E-state index in [1.165, 1.54) is 17.5 Å². The molecule has 3 nitrogen and oxygen atoms in total. The summed E-state index contributed by atoms with van der Waals surface area (Å²) in [7, 11) is 0. The topological polar surface area (TPSA) is 26.7 Å². The van der Waals surface area contributed by atoms with E-state index in [4.69, 9.17) is 0 Å². The van der Waals surface area contributed by atoms with Crippen LogP contribution in [0.2, 0.25) is 0 Å². The van der Waals surface area contributed by atoms with Gasteiger partial charge >= 0.3 is 0 Å². The lowest BCUT2D eigenvalue weighted by molar-refractivity contribution is 0.0646. The molecule has 0 aliphatic carbocycles. The molecule has 0 amide bonds. The van der Waals surface area contributed by atoms with Crippen LogP contribution in [0.3, 0.4) is 0 Å². The number of aliphatic hydroxyl groups excluding tert-OH is 1. The predicted octanol–water partition coefficient (Wildman–Crippen LogP) is 3.70. The molecular formula is C24H32N2O. The number of rotatable bonds is 9. The third kappa shape index (κ3) is 6.62. The second-order valence-corrected chi connectivity index (χ2v) is 7.36. The second kappa shape index (κ2) is 11.0. The smallest absolute Gasteiger partial charge is 0.0446 e. The highest BCUT2D eigenvalue weighted by Crippen LogP contribution is 2.15. The Bertz CT molecular complexity index is 671. The van der Waals surface area contributed by atoms with Gasteiger partial charge in [0.05, 0.1) is 0 Å². The SMILES string of the molecule is OCC[C@H]1CN(C/C=C/c2ccccc2)CCN1CCCc1ccccc1. The van der Waals surface area contributed by atoms with Crippen molar-refractivity contribution in [2.45, 2.75) is 25.3 Å². The molecule has 0 bridgehead atoms. The Morgan fingerprint density at radius 2 is 1.70 bits per heavy atom. The van der Waals surface area contributed by atoms with E-state index in [2.05, 4.69) is 76.5 Å². The summed E-state index contributed by atoms with van der Waals surface area (Å²) in [4.78, 5) is 5.09. The highest BCUT2D eigenvalue weighted by atomic mass is 16.3. The molecule has 1 fully saturated rings. The van der Waals surface area contributed by atoms with Gasteiger partial charge in [0.2, 0.25) is 0 Å². The van der Waals surface area contributed by atoms with Crippen LogP contribution in [0.25, 0.3) is 6.08 Å². The number of nitrogens with zero attached hydrogens (tertiary/aromatic N) is 2. The Kier molecular flexibility index (Phi) is 8.09. The molecule has 0 aromatic heterocycles. The lowest BCUT2D eigenvalue weighted by atomic mass is 10.1. The molecule has 0 unspecified atom stereocenters. The molecule has 3 heteroatoms. The predicted molar refractivity (Wildman–Crippen MR) is 114 cm³/mol. The normalized spacial score (nSPS) is 18.9. The number of benzene rings is 2. The van der Waals surface area contributed by atoms with Gasteiger partial charge < -0.3 is 5.11 Å². The highest BCUT2D eigenvalue weighted by Gasteiger charge is 2.25. The first kappa shape index (κ1) is 19.8. The zero-order chi connectivity index (χ0) is 18.7. The standard InChI is InChI=1S/C24H32N2O/c27-20-15-24-21-25(16-7-13-22-9-3-1-4-10-22)18-19-26(24)17-8-14-23-11-5-2-6-12-23/h1-7,9-13,24,27H,8,14-21H2/b13-7+/t24-/m0/s1. The van der Waals surface area contributed by atoms with Crippen molar-refractivity contribution in [3.63, 3.8) is 0 Å². The van der Waals surface area contributed by atoms with Crippen LogP contribution in [0.4, 0.5) is 0 Å². The molecule has 1 N–H and O–H groups in total. The van der Waals surface area contributed by atoms with Gasteiger partial charge in [-0.25, -0.2) is 0 Å². The van der Waals surface area contributed by atoms with E-state index >= 15 is 0 Å². The molecule has 1 aliphatic rings. The third-order valence-corrected chi connectivity index (χ3v) is 5.38. The van der Waals surface area contributed by atoms with E-state index in [0.717, 1.165) is 45.6 Å². The minimum atomic E-state index is 0.271. The molecule has 144 valence electrons. The fraction of sp³-hybridized carbons (Fsp3) is 0.417. The molecule has 1 heterocycles. The summed E-state index contributed by atoms with van der Waals surface area (Å²) in [5.41, 5.74) is 2.67. The van der Waals surface area contributed by atoms with Gasteiger partial charge in [0.1, 0.15) is 0 Å². The van der Waals surface area contributed by atoms with Gasteiger partial charge in [-0.2, -0.15) is 0 Å². The molecule has 0 radical (unpaired) electrons. The average Bonchev–Trinajstić information content (AvgIpc) is 2.71. The monoisotopic (exact) mass is 364 g/mol. The van der Waals surface area contributed by atoms with Gasteiger partial charge in [0.25, 0.3) is 0 Å². The first-order chi connectivity index (χ1) is 13.3.